The maximum absolute atomic E-state index is 11.8. The van der Waals surface area contributed by atoms with E-state index in [0.717, 1.165) is 29.6 Å². The third-order valence-electron chi connectivity index (χ3n) is 3.21. The van der Waals surface area contributed by atoms with Crippen LogP contribution < -0.4 is 11.1 Å². The third kappa shape index (κ3) is 3.33. The summed E-state index contributed by atoms with van der Waals surface area (Å²) < 4.78 is 1.74. The van der Waals surface area contributed by atoms with Gasteiger partial charge < -0.3 is 11.1 Å². The molecule has 1 amide bonds. The number of nitrogens with two attached hydrogens (primary N) is 1. The summed E-state index contributed by atoms with van der Waals surface area (Å²) in [6.45, 7) is 3.87. The van der Waals surface area contributed by atoms with Crippen LogP contribution in [-0.4, -0.2) is 26.7 Å². The Bertz CT molecular complexity index is 617. The minimum atomic E-state index is -0.00616. The summed E-state index contributed by atoms with van der Waals surface area (Å²) in [5.41, 5.74) is 8.09. The zero-order chi connectivity index (χ0) is 14.7. The van der Waals surface area contributed by atoms with Crippen LogP contribution >= 0.6 is 0 Å². The lowest BCUT2D eigenvalue weighted by atomic mass is 10.1. The van der Waals surface area contributed by atoms with E-state index in [9.17, 15) is 4.79 Å². The van der Waals surface area contributed by atoms with E-state index in [4.69, 9.17) is 5.73 Å². The first-order valence-electron chi connectivity index (χ1n) is 6.82. The topological polar surface area (TPSA) is 85.8 Å². The summed E-state index contributed by atoms with van der Waals surface area (Å²) in [6, 6.07) is 2.05. The van der Waals surface area contributed by atoms with Crippen LogP contribution in [0.3, 0.4) is 0 Å². The number of amides is 1. The van der Waals surface area contributed by atoms with Crippen molar-refractivity contribution in [2.45, 2.75) is 39.2 Å². The fourth-order valence-corrected chi connectivity index (χ4v) is 2.18. The second-order valence-electron chi connectivity index (χ2n) is 5.22. The second-order valence-corrected chi connectivity index (χ2v) is 5.22. The van der Waals surface area contributed by atoms with Gasteiger partial charge in [0.05, 0.1) is 17.6 Å². The summed E-state index contributed by atoms with van der Waals surface area (Å²) in [7, 11) is 1.86. The fraction of sp³-hybridized carbons (Fsp3) is 0.500. The molecule has 6 heteroatoms. The molecule has 0 aliphatic heterocycles. The van der Waals surface area contributed by atoms with Crippen LogP contribution in [0, 0.1) is 6.92 Å². The van der Waals surface area contributed by atoms with Crippen LogP contribution in [-0.2, 0) is 11.8 Å². The van der Waals surface area contributed by atoms with E-state index in [1.807, 2.05) is 27.0 Å². The summed E-state index contributed by atoms with van der Waals surface area (Å²) in [6.07, 6.45) is 3.79. The Labute approximate surface area is 118 Å². The average Bonchev–Trinajstić information content (AvgIpc) is 2.64. The van der Waals surface area contributed by atoms with Crippen molar-refractivity contribution < 1.29 is 4.79 Å². The molecular weight excluding hydrogens is 254 g/mol. The number of pyridine rings is 1. The van der Waals surface area contributed by atoms with Gasteiger partial charge in [-0.05, 0) is 32.8 Å². The van der Waals surface area contributed by atoms with Gasteiger partial charge in [0, 0.05) is 24.9 Å². The summed E-state index contributed by atoms with van der Waals surface area (Å²) >= 11 is 0. The Morgan fingerprint density at radius 2 is 2.30 bits per heavy atom. The maximum atomic E-state index is 11.8. The monoisotopic (exact) mass is 275 g/mol. The molecule has 0 aromatic carbocycles. The Balaban J connectivity index is 2.03. The van der Waals surface area contributed by atoms with E-state index in [0.29, 0.717) is 12.1 Å². The first-order chi connectivity index (χ1) is 9.47. The number of rotatable bonds is 5. The normalized spacial score (nSPS) is 12.6. The molecule has 0 radical (unpaired) electrons. The number of fused-ring (bicyclic) bond motifs is 1. The molecule has 20 heavy (non-hydrogen) atoms. The lowest BCUT2D eigenvalue weighted by Gasteiger charge is -2.06. The van der Waals surface area contributed by atoms with Crippen molar-refractivity contribution in [2.75, 3.05) is 5.32 Å². The van der Waals surface area contributed by atoms with Gasteiger partial charge in [0.2, 0.25) is 5.91 Å². The van der Waals surface area contributed by atoms with Crippen molar-refractivity contribution in [1.82, 2.24) is 14.8 Å². The van der Waals surface area contributed by atoms with Crippen molar-refractivity contribution >= 4 is 22.6 Å². The summed E-state index contributed by atoms with van der Waals surface area (Å²) in [5.74, 6) is -0.00616. The molecule has 6 nitrogen and oxygen atoms in total. The van der Waals surface area contributed by atoms with Gasteiger partial charge in [-0.3, -0.25) is 9.48 Å². The number of aryl methyl sites for hydroxylation is 2. The lowest BCUT2D eigenvalue weighted by Crippen LogP contribution is -2.16. The highest BCUT2D eigenvalue weighted by Crippen LogP contribution is 2.19. The Hall–Kier alpha value is -1.95. The van der Waals surface area contributed by atoms with Gasteiger partial charge in [-0.2, -0.15) is 5.10 Å². The molecule has 0 bridgehead atoms. The summed E-state index contributed by atoms with van der Waals surface area (Å²) in [4.78, 5) is 16.1. The predicted molar refractivity (Wildman–Crippen MR) is 79.4 cm³/mol. The van der Waals surface area contributed by atoms with E-state index >= 15 is 0 Å². The van der Waals surface area contributed by atoms with Crippen molar-refractivity contribution in [3.63, 3.8) is 0 Å². The number of carbonyl (C=O) groups is 1. The first-order valence-corrected chi connectivity index (χ1v) is 6.82. The number of hydrogen-bond acceptors (Lipinski definition) is 4. The molecule has 0 fully saturated rings. The standard InChI is InChI=1S/C14H21N5O/c1-9(15)5-4-6-13(20)17-11-7-12-10(2)18-19(3)14(12)16-8-11/h7-9H,4-6,15H2,1-3H3,(H,17,20). The number of aromatic nitrogens is 3. The predicted octanol–water partition coefficient (Wildman–Crippen LogP) is 1.73. The van der Waals surface area contributed by atoms with Gasteiger partial charge in [0.25, 0.3) is 0 Å². The molecule has 0 saturated heterocycles. The van der Waals surface area contributed by atoms with Gasteiger partial charge in [-0.1, -0.05) is 0 Å². The van der Waals surface area contributed by atoms with Crippen molar-refractivity contribution in [3.8, 4) is 0 Å². The molecule has 1 unspecified atom stereocenters. The van der Waals surface area contributed by atoms with Gasteiger partial charge in [-0.25, -0.2) is 4.98 Å². The summed E-state index contributed by atoms with van der Waals surface area (Å²) in [5, 5.41) is 8.13. The Morgan fingerprint density at radius 1 is 1.55 bits per heavy atom. The fourth-order valence-electron chi connectivity index (χ4n) is 2.18. The molecule has 2 heterocycles. The molecular formula is C14H21N5O. The number of nitrogens with zero attached hydrogens (tertiary/aromatic N) is 3. The lowest BCUT2D eigenvalue weighted by molar-refractivity contribution is -0.116. The molecule has 3 N–H and O–H groups in total. The molecule has 2 rings (SSSR count). The molecule has 108 valence electrons. The van der Waals surface area contributed by atoms with E-state index in [1.54, 1.807) is 10.9 Å². The third-order valence-corrected chi connectivity index (χ3v) is 3.21. The van der Waals surface area contributed by atoms with Crippen LogP contribution in [0.25, 0.3) is 11.0 Å². The van der Waals surface area contributed by atoms with Gasteiger partial charge >= 0.3 is 0 Å². The van der Waals surface area contributed by atoms with E-state index in [1.165, 1.54) is 0 Å². The van der Waals surface area contributed by atoms with Gasteiger partial charge in [-0.15, -0.1) is 0 Å². The number of anilines is 1. The Kier molecular flexibility index (Phi) is 4.34. The van der Waals surface area contributed by atoms with Crippen LogP contribution in [0.2, 0.25) is 0 Å². The molecule has 2 aromatic heterocycles. The maximum Gasteiger partial charge on any atom is 0.224 e. The zero-order valence-electron chi connectivity index (χ0n) is 12.2. The average molecular weight is 275 g/mol. The van der Waals surface area contributed by atoms with Crippen LogP contribution in [0.1, 0.15) is 31.9 Å². The van der Waals surface area contributed by atoms with Crippen molar-refractivity contribution in [1.29, 1.82) is 0 Å². The molecule has 1 atom stereocenters. The Morgan fingerprint density at radius 3 is 3.00 bits per heavy atom. The first kappa shape index (κ1) is 14.5. The minimum Gasteiger partial charge on any atom is -0.328 e. The van der Waals surface area contributed by atoms with Gasteiger partial charge in [0.15, 0.2) is 5.65 Å². The van der Waals surface area contributed by atoms with E-state index in [2.05, 4.69) is 15.4 Å². The van der Waals surface area contributed by atoms with E-state index < -0.39 is 0 Å². The van der Waals surface area contributed by atoms with E-state index in [-0.39, 0.29) is 11.9 Å². The quantitative estimate of drug-likeness (QED) is 0.870. The smallest absolute Gasteiger partial charge is 0.224 e. The molecule has 0 spiro atoms. The van der Waals surface area contributed by atoms with Gasteiger partial charge in [0.1, 0.15) is 0 Å². The van der Waals surface area contributed by atoms with Crippen molar-refractivity contribution in [3.05, 3.63) is 18.0 Å². The number of nitrogens with one attached hydrogen (secondary N) is 1. The highest BCUT2D eigenvalue weighted by atomic mass is 16.1. The number of hydrogen-bond donors (Lipinski definition) is 2. The molecule has 0 aliphatic carbocycles. The molecule has 2 aromatic rings. The van der Waals surface area contributed by atoms with Crippen LogP contribution in [0.4, 0.5) is 5.69 Å². The zero-order valence-corrected chi connectivity index (χ0v) is 12.2. The molecule has 0 saturated carbocycles. The van der Waals surface area contributed by atoms with Crippen molar-refractivity contribution in [2.24, 2.45) is 12.8 Å². The van der Waals surface area contributed by atoms with Crippen LogP contribution in [0.5, 0.6) is 0 Å². The SMILES string of the molecule is Cc1nn(C)c2ncc(NC(=O)CCCC(C)N)cc12. The minimum absolute atomic E-state index is 0.00616. The highest BCUT2D eigenvalue weighted by molar-refractivity contribution is 5.93. The highest BCUT2D eigenvalue weighted by Gasteiger charge is 2.09. The molecule has 0 aliphatic rings. The van der Waals surface area contributed by atoms with Crippen LogP contribution in [0.15, 0.2) is 12.3 Å². The largest absolute Gasteiger partial charge is 0.328 e. The number of carbonyl (C=O) groups excluding carboxylic acids is 1. The second kappa shape index (κ2) is 6.00.